The van der Waals surface area contributed by atoms with Crippen LogP contribution in [0.3, 0.4) is 0 Å². The van der Waals surface area contributed by atoms with Crippen LogP contribution in [0.25, 0.3) is 0 Å². The fourth-order valence-corrected chi connectivity index (χ4v) is 1.65. The first-order chi connectivity index (χ1) is 7.69. The Hall–Kier alpha value is -1.75. The molecule has 16 heavy (non-hydrogen) atoms. The minimum absolute atomic E-state index is 0.742. The molecule has 0 radical (unpaired) electrons. The molecule has 84 valence electrons. The Morgan fingerprint density at radius 1 is 1.50 bits per heavy atom. The molecule has 0 aliphatic heterocycles. The van der Waals surface area contributed by atoms with E-state index in [2.05, 4.69) is 23.6 Å². The average molecular weight is 214 g/mol. The van der Waals surface area contributed by atoms with Gasteiger partial charge in [-0.25, -0.2) is 0 Å². The number of nitriles is 1. The Labute approximate surface area is 97.8 Å². The van der Waals surface area contributed by atoms with Gasteiger partial charge in [-0.3, -0.25) is 0 Å². The monoisotopic (exact) mass is 214 g/mol. The lowest BCUT2D eigenvalue weighted by molar-refractivity contribution is 0.801. The van der Waals surface area contributed by atoms with E-state index in [-0.39, 0.29) is 0 Å². The van der Waals surface area contributed by atoms with Crippen molar-refractivity contribution >= 4 is 5.69 Å². The zero-order valence-electron chi connectivity index (χ0n) is 10.0. The van der Waals surface area contributed by atoms with Gasteiger partial charge < -0.3 is 4.90 Å². The molecule has 0 aromatic heterocycles. The van der Waals surface area contributed by atoms with Crippen LogP contribution < -0.4 is 4.90 Å². The lowest BCUT2D eigenvalue weighted by atomic mass is 10.1. The normalized spacial score (nSPS) is 9.56. The Morgan fingerprint density at radius 2 is 2.25 bits per heavy atom. The molecule has 0 aliphatic carbocycles. The van der Waals surface area contributed by atoms with E-state index in [4.69, 9.17) is 5.26 Å². The standard InChI is InChI=1S/C14H18N2/c1-4-5-6-9-16(3)14-10-12(2)7-8-13(14)11-15/h4,7-8,10H,1,5-6,9H2,2-3H3. The van der Waals surface area contributed by atoms with Gasteiger partial charge in [0.05, 0.1) is 11.3 Å². The topological polar surface area (TPSA) is 27.0 Å². The highest BCUT2D eigenvalue weighted by atomic mass is 15.1. The molecule has 0 atom stereocenters. The average Bonchev–Trinajstić information content (AvgIpc) is 2.29. The third kappa shape index (κ3) is 3.13. The second-order valence-electron chi connectivity index (χ2n) is 3.98. The van der Waals surface area contributed by atoms with Crippen LogP contribution in [0.15, 0.2) is 30.9 Å². The van der Waals surface area contributed by atoms with Crippen molar-refractivity contribution in [2.75, 3.05) is 18.5 Å². The van der Waals surface area contributed by atoms with Crippen LogP contribution in [0.5, 0.6) is 0 Å². The quantitative estimate of drug-likeness (QED) is 0.555. The van der Waals surface area contributed by atoms with Crippen molar-refractivity contribution in [1.82, 2.24) is 0 Å². The number of benzene rings is 1. The second-order valence-corrected chi connectivity index (χ2v) is 3.98. The van der Waals surface area contributed by atoms with Crippen LogP contribution in [0, 0.1) is 18.3 Å². The highest BCUT2D eigenvalue weighted by Gasteiger charge is 2.06. The molecule has 1 rings (SSSR count). The lowest BCUT2D eigenvalue weighted by Crippen LogP contribution is -2.19. The van der Waals surface area contributed by atoms with Crippen molar-refractivity contribution in [2.24, 2.45) is 0 Å². The van der Waals surface area contributed by atoms with Gasteiger partial charge in [-0.1, -0.05) is 12.1 Å². The van der Waals surface area contributed by atoms with Crippen molar-refractivity contribution in [3.05, 3.63) is 42.0 Å². The zero-order valence-corrected chi connectivity index (χ0v) is 10.0. The number of nitrogens with zero attached hydrogens (tertiary/aromatic N) is 2. The molecule has 0 saturated carbocycles. The Balaban J connectivity index is 2.81. The van der Waals surface area contributed by atoms with Crippen LogP contribution in [0.4, 0.5) is 5.69 Å². The predicted octanol–water partition coefficient (Wildman–Crippen LogP) is 3.27. The number of hydrogen-bond donors (Lipinski definition) is 0. The van der Waals surface area contributed by atoms with Crippen LogP contribution in [0.1, 0.15) is 24.0 Å². The molecule has 2 nitrogen and oxygen atoms in total. The van der Waals surface area contributed by atoms with Gasteiger partial charge in [0.1, 0.15) is 6.07 Å². The summed E-state index contributed by atoms with van der Waals surface area (Å²) in [7, 11) is 2.03. The lowest BCUT2D eigenvalue weighted by Gasteiger charge is -2.20. The van der Waals surface area contributed by atoms with E-state index in [1.807, 2.05) is 32.2 Å². The summed E-state index contributed by atoms with van der Waals surface area (Å²) in [6.07, 6.45) is 4.01. The Bertz CT molecular complexity index is 402. The van der Waals surface area contributed by atoms with Crippen molar-refractivity contribution in [2.45, 2.75) is 19.8 Å². The van der Waals surface area contributed by atoms with E-state index < -0.39 is 0 Å². The molecule has 0 amide bonds. The largest absolute Gasteiger partial charge is 0.374 e. The van der Waals surface area contributed by atoms with E-state index in [1.165, 1.54) is 5.56 Å². The molecular weight excluding hydrogens is 196 g/mol. The van der Waals surface area contributed by atoms with Crippen LogP contribution in [-0.2, 0) is 0 Å². The molecule has 1 aromatic rings. The number of unbranched alkanes of at least 4 members (excludes halogenated alkanes) is 1. The van der Waals surface area contributed by atoms with Gasteiger partial charge in [0.15, 0.2) is 0 Å². The summed E-state index contributed by atoms with van der Waals surface area (Å²) < 4.78 is 0. The summed E-state index contributed by atoms with van der Waals surface area (Å²) in [5.74, 6) is 0. The van der Waals surface area contributed by atoms with Crippen molar-refractivity contribution in [1.29, 1.82) is 5.26 Å². The summed E-state index contributed by atoms with van der Waals surface area (Å²) in [5, 5.41) is 9.04. The van der Waals surface area contributed by atoms with E-state index in [9.17, 15) is 0 Å². The van der Waals surface area contributed by atoms with E-state index in [0.29, 0.717) is 0 Å². The Morgan fingerprint density at radius 3 is 2.88 bits per heavy atom. The molecular formula is C14H18N2. The first kappa shape index (κ1) is 12.3. The number of aryl methyl sites for hydroxylation is 1. The first-order valence-electron chi connectivity index (χ1n) is 5.52. The van der Waals surface area contributed by atoms with Crippen LogP contribution in [-0.4, -0.2) is 13.6 Å². The number of rotatable bonds is 5. The first-order valence-corrected chi connectivity index (χ1v) is 5.52. The van der Waals surface area contributed by atoms with Gasteiger partial charge >= 0.3 is 0 Å². The fourth-order valence-electron chi connectivity index (χ4n) is 1.65. The maximum Gasteiger partial charge on any atom is 0.101 e. The molecule has 0 N–H and O–H groups in total. The fraction of sp³-hybridized carbons (Fsp3) is 0.357. The van der Waals surface area contributed by atoms with Gasteiger partial charge in [-0.15, -0.1) is 6.58 Å². The zero-order chi connectivity index (χ0) is 12.0. The summed E-state index contributed by atoms with van der Waals surface area (Å²) in [5.41, 5.74) is 2.95. The summed E-state index contributed by atoms with van der Waals surface area (Å²) >= 11 is 0. The molecule has 2 heteroatoms. The van der Waals surface area contributed by atoms with Gasteiger partial charge in [0.2, 0.25) is 0 Å². The van der Waals surface area contributed by atoms with Crippen molar-refractivity contribution in [3.8, 4) is 6.07 Å². The molecule has 0 unspecified atom stereocenters. The van der Waals surface area contributed by atoms with Crippen LogP contribution >= 0.6 is 0 Å². The van der Waals surface area contributed by atoms with Gasteiger partial charge in [-0.2, -0.15) is 5.26 Å². The highest BCUT2D eigenvalue weighted by molar-refractivity contribution is 5.60. The third-order valence-corrected chi connectivity index (χ3v) is 2.59. The summed E-state index contributed by atoms with van der Waals surface area (Å²) in [6, 6.07) is 8.15. The molecule has 0 aliphatic rings. The SMILES string of the molecule is C=CCCCN(C)c1cc(C)ccc1C#N. The van der Waals surface area contributed by atoms with Gasteiger partial charge in [0, 0.05) is 13.6 Å². The van der Waals surface area contributed by atoms with E-state index >= 15 is 0 Å². The number of hydrogen-bond acceptors (Lipinski definition) is 2. The van der Waals surface area contributed by atoms with Gasteiger partial charge in [-0.05, 0) is 37.5 Å². The predicted molar refractivity (Wildman–Crippen MR) is 68.6 cm³/mol. The minimum atomic E-state index is 0.742. The molecule has 0 spiro atoms. The molecule has 0 fully saturated rings. The molecule has 0 saturated heterocycles. The number of anilines is 1. The minimum Gasteiger partial charge on any atom is -0.374 e. The van der Waals surface area contributed by atoms with Crippen LogP contribution in [0.2, 0.25) is 0 Å². The van der Waals surface area contributed by atoms with Crippen molar-refractivity contribution < 1.29 is 0 Å². The second kappa shape index (κ2) is 5.97. The molecule has 0 heterocycles. The van der Waals surface area contributed by atoms with E-state index in [0.717, 1.165) is 30.6 Å². The smallest absolute Gasteiger partial charge is 0.101 e. The number of allylic oxidation sites excluding steroid dienone is 1. The maximum atomic E-state index is 9.04. The highest BCUT2D eigenvalue weighted by Crippen LogP contribution is 2.20. The maximum absolute atomic E-state index is 9.04. The van der Waals surface area contributed by atoms with E-state index in [1.54, 1.807) is 0 Å². The summed E-state index contributed by atoms with van der Waals surface area (Å²) in [6.45, 7) is 6.70. The Kier molecular flexibility index (Phi) is 4.60. The van der Waals surface area contributed by atoms with Crippen molar-refractivity contribution in [3.63, 3.8) is 0 Å². The molecule has 0 bridgehead atoms. The third-order valence-electron chi connectivity index (χ3n) is 2.59. The molecule has 1 aromatic carbocycles. The van der Waals surface area contributed by atoms with Gasteiger partial charge in [0.25, 0.3) is 0 Å². The summed E-state index contributed by atoms with van der Waals surface area (Å²) in [4.78, 5) is 2.13.